The summed E-state index contributed by atoms with van der Waals surface area (Å²) in [6.45, 7) is 11.3. The van der Waals surface area contributed by atoms with Crippen LogP contribution in [0.2, 0.25) is 5.02 Å². The minimum absolute atomic E-state index is 0.105. The van der Waals surface area contributed by atoms with E-state index < -0.39 is 5.41 Å². The van der Waals surface area contributed by atoms with E-state index in [-0.39, 0.29) is 11.4 Å². The van der Waals surface area contributed by atoms with Crippen LogP contribution in [-0.4, -0.2) is 12.1 Å². The third-order valence-electron chi connectivity index (χ3n) is 4.28. The molecule has 0 aliphatic heterocycles. The second-order valence-electron chi connectivity index (χ2n) is 6.67. The Morgan fingerprint density at radius 1 is 1.42 bits per heavy atom. The zero-order valence-corrected chi connectivity index (χ0v) is 16.5. The molecule has 2 aromatic rings. The molecule has 0 bridgehead atoms. The number of allylic oxidation sites excluding steroid dienone is 3. The van der Waals surface area contributed by atoms with Crippen molar-refractivity contribution in [2.24, 2.45) is 0 Å². The summed E-state index contributed by atoms with van der Waals surface area (Å²) in [5.41, 5.74) is 2.11. The molecule has 2 aromatic heterocycles. The number of hydrogen-bond donors (Lipinski definition) is 1. The van der Waals surface area contributed by atoms with Crippen LogP contribution in [0.25, 0.3) is 12.2 Å². The average molecular weight is 374 g/mol. The van der Waals surface area contributed by atoms with E-state index in [0.29, 0.717) is 21.9 Å². The van der Waals surface area contributed by atoms with Gasteiger partial charge in [0.15, 0.2) is 5.43 Å². The Labute approximate surface area is 158 Å². The number of ether oxygens (including phenoxy) is 1. The molecule has 26 heavy (non-hydrogen) atoms. The topological polar surface area (TPSA) is 55.2 Å². The van der Waals surface area contributed by atoms with E-state index in [1.807, 2.05) is 32.9 Å². The highest BCUT2D eigenvalue weighted by atomic mass is 35.5. The maximum absolute atomic E-state index is 12.9. The van der Waals surface area contributed by atoms with Gasteiger partial charge in [-0.3, -0.25) is 4.79 Å². The molecule has 0 fully saturated rings. The van der Waals surface area contributed by atoms with Crippen LogP contribution < -0.4 is 10.2 Å². The second-order valence-corrected chi connectivity index (χ2v) is 7.08. The lowest BCUT2D eigenvalue weighted by Crippen LogP contribution is -2.26. The zero-order valence-electron chi connectivity index (χ0n) is 15.8. The molecule has 2 rings (SSSR count). The van der Waals surface area contributed by atoms with Crippen molar-refractivity contribution in [2.75, 3.05) is 7.11 Å². The molecule has 138 valence electrons. The average Bonchev–Trinajstić information content (AvgIpc) is 3.00. The molecule has 5 heteroatoms. The number of methoxy groups -OCH3 is 1. The second kappa shape index (κ2) is 7.83. The van der Waals surface area contributed by atoms with E-state index >= 15 is 0 Å². The maximum Gasteiger partial charge on any atom is 0.292 e. The van der Waals surface area contributed by atoms with Gasteiger partial charge in [0.1, 0.15) is 5.76 Å². The fraction of sp³-hybridized carbons (Fsp3) is 0.286. The third kappa shape index (κ3) is 4.02. The Morgan fingerprint density at radius 3 is 2.65 bits per heavy atom. The Kier molecular flexibility index (Phi) is 5.98. The predicted molar refractivity (Wildman–Crippen MR) is 108 cm³/mol. The van der Waals surface area contributed by atoms with Gasteiger partial charge in [-0.15, -0.1) is 6.58 Å². The lowest BCUT2D eigenvalue weighted by atomic mass is 9.84. The summed E-state index contributed by atoms with van der Waals surface area (Å²) in [4.78, 5) is 15.9. The first kappa shape index (κ1) is 19.9. The fourth-order valence-corrected chi connectivity index (χ4v) is 2.71. The van der Waals surface area contributed by atoms with Crippen LogP contribution in [0.3, 0.4) is 0 Å². The van der Waals surface area contributed by atoms with E-state index in [1.165, 1.54) is 7.11 Å². The molecule has 0 spiro atoms. The van der Waals surface area contributed by atoms with Gasteiger partial charge in [-0.2, -0.15) is 0 Å². The standard InChI is InChI=1S/C21H24ClNO3/c1-7-21(4,5)18-19(24)14(3)17(26-20(18)25-6)9-8-13(2)12-16-15(22)10-11-23-16/h7-12,23H,1H2,2-6H3/b9-8+,13-12+. The minimum Gasteiger partial charge on any atom is -0.468 e. The summed E-state index contributed by atoms with van der Waals surface area (Å²) >= 11 is 6.08. The third-order valence-corrected chi connectivity index (χ3v) is 4.61. The Morgan fingerprint density at radius 2 is 2.12 bits per heavy atom. The zero-order chi connectivity index (χ0) is 19.5. The lowest BCUT2D eigenvalue weighted by Gasteiger charge is -2.21. The largest absolute Gasteiger partial charge is 0.468 e. The lowest BCUT2D eigenvalue weighted by molar-refractivity contribution is 0.281. The first-order valence-corrected chi connectivity index (χ1v) is 8.64. The molecule has 0 atom stereocenters. The van der Waals surface area contributed by atoms with Gasteiger partial charge in [-0.25, -0.2) is 0 Å². The molecule has 0 saturated heterocycles. The molecule has 0 aliphatic carbocycles. The molecule has 4 nitrogen and oxygen atoms in total. The van der Waals surface area contributed by atoms with Crippen molar-refractivity contribution in [3.8, 4) is 5.95 Å². The van der Waals surface area contributed by atoms with E-state index in [9.17, 15) is 4.79 Å². The predicted octanol–water partition coefficient (Wildman–Crippen LogP) is 5.52. The highest BCUT2D eigenvalue weighted by Crippen LogP contribution is 2.32. The highest BCUT2D eigenvalue weighted by molar-refractivity contribution is 6.31. The molecule has 0 amide bonds. The quantitative estimate of drug-likeness (QED) is 0.535. The number of aromatic nitrogens is 1. The number of rotatable bonds is 6. The molecular weight excluding hydrogens is 350 g/mol. The van der Waals surface area contributed by atoms with Gasteiger partial charge >= 0.3 is 0 Å². The van der Waals surface area contributed by atoms with Crippen LogP contribution in [0.4, 0.5) is 0 Å². The number of nitrogens with one attached hydrogen (secondary N) is 1. The van der Waals surface area contributed by atoms with Gasteiger partial charge < -0.3 is 14.1 Å². The van der Waals surface area contributed by atoms with Gasteiger partial charge in [-0.1, -0.05) is 37.6 Å². The number of hydrogen-bond acceptors (Lipinski definition) is 3. The van der Waals surface area contributed by atoms with Crippen LogP contribution in [0.15, 0.2) is 45.8 Å². The SMILES string of the molecule is C=CC(C)(C)c1c(OC)oc(/C=C/C(C)=C/c2[nH]ccc2Cl)c(C)c1=O. The van der Waals surface area contributed by atoms with Crippen molar-refractivity contribution in [3.05, 3.63) is 74.4 Å². The van der Waals surface area contributed by atoms with Gasteiger partial charge in [0, 0.05) is 17.2 Å². The van der Waals surface area contributed by atoms with Crippen molar-refractivity contribution in [3.63, 3.8) is 0 Å². The smallest absolute Gasteiger partial charge is 0.292 e. The molecule has 0 aromatic carbocycles. The van der Waals surface area contributed by atoms with Crippen molar-refractivity contribution in [2.45, 2.75) is 33.1 Å². The van der Waals surface area contributed by atoms with Crippen molar-refractivity contribution in [1.29, 1.82) is 0 Å². The summed E-state index contributed by atoms with van der Waals surface area (Å²) in [6.07, 6.45) is 9.02. The summed E-state index contributed by atoms with van der Waals surface area (Å²) in [5, 5.41) is 0.651. The van der Waals surface area contributed by atoms with Crippen LogP contribution in [-0.2, 0) is 5.41 Å². The summed E-state index contributed by atoms with van der Waals surface area (Å²) in [6, 6.07) is 1.79. The van der Waals surface area contributed by atoms with Gasteiger partial charge in [-0.05, 0) is 37.6 Å². The molecule has 0 aliphatic rings. The number of aromatic amines is 1. The molecule has 0 saturated carbocycles. The first-order chi connectivity index (χ1) is 12.2. The number of H-pyrrole nitrogens is 1. The minimum atomic E-state index is -0.556. The first-order valence-electron chi connectivity index (χ1n) is 8.26. The maximum atomic E-state index is 12.9. The molecule has 1 N–H and O–H groups in total. The van der Waals surface area contributed by atoms with E-state index in [2.05, 4.69) is 11.6 Å². The Balaban J connectivity index is 2.47. The van der Waals surface area contributed by atoms with Crippen LogP contribution in [0.1, 0.15) is 43.4 Å². The number of halogens is 1. The Hall–Kier alpha value is -2.46. The summed E-state index contributed by atoms with van der Waals surface area (Å²) in [5.74, 6) is 0.667. The van der Waals surface area contributed by atoms with E-state index in [1.54, 1.807) is 31.3 Å². The molecule has 0 radical (unpaired) electrons. The van der Waals surface area contributed by atoms with Crippen molar-refractivity contribution < 1.29 is 9.15 Å². The monoisotopic (exact) mass is 373 g/mol. The van der Waals surface area contributed by atoms with Crippen molar-refractivity contribution in [1.82, 2.24) is 4.98 Å². The molecular formula is C21H24ClNO3. The van der Waals surface area contributed by atoms with E-state index in [0.717, 1.165) is 11.3 Å². The van der Waals surface area contributed by atoms with Crippen molar-refractivity contribution >= 4 is 23.8 Å². The normalized spacial score (nSPS) is 12.6. The molecule has 0 unspecified atom stereocenters. The van der Waals surface area contributed by atoms with Crippen LogP contribution >= 0.6 is 11.6 Å². The summed E-state index contributed by atoms with van der Waals surface area (Å²) in [7, 11) is 1.49. The van der Waals surface area contributed by atoms with Gasteiger partial charge in [0.25, 0.3) is 5.95 Å². The highest BCUT2D eigenvalue weighted by Gasteiger charge is 2.28. The van der Waals surface area contributed by atoms with Crippen LogP contribution in [0.5, 0.6) is 5.95 Å². The summed E-state index contributed by atoms with van der Waals surface area (Å²) < 4.78 is 11.2. The molecule has 2 heterocycles. The van der Waals surface area contributed by atoms with Crippen LogP contribution in [0, 0.1) is 6.92 Å². The van der Waals surface area contributed by atoms with Gasteiger partial charge in [0.05, 0.1) is 23.4 Å². The van der Waals surface area contributed by atoms with E-state index in [4.69, 9.17) is 20.8 Å². The fourth-order valence-electron chi connectivity index (χ4n) is 2.54. The van der Waals surface area contributed by atoms with Gasteiger partial charge in [0.2, 0.25) is 0 Å². The Bertz CT molecular complexity index is 929.